The van der Waals surface area contributed by atoms with E-state index in [-0.39, 0.29) is 11.5 Å². The van der Waals surface area contributed by atoms with Crippen molar-refractivity contribution in [1.82, 2.24) is 9.55 Å². The van der Waals surface area contributed by atoms with Crippen LogP contribution in [-0.2, 0) is 11.8 Å². The van der Waals surface area contributed by atoms with E-state index in [2.05, 4.69) is 9.72 Å². The Labute approximate surface area is 73.1 Å². The second kappa shape index (κ2) is 3.21. The maximum atomic E-state index is 10.9. The summed E-state index contributed by atoms with van der Waals surface area (Å²) in [6.07, 6.45) is 1.18. The van der Waals surface area contributed by atoms with Crippen LogP contribution in [0.5, 0.6) is 0 Å². The Bertz CT molecular complexity index is 357. The van der Waals surface area contributed by atoms with E-state index in [0.717, 1.165) is 11.7 Å². The van der Waals surface area contributed by atoms with Crippen molar-refractivity contribution in [2.24, 2.45) is 7.05 Å². The molecule has 0 atom stereocenters. The summed E-state index contributed by atoms with van der Waals surface area (Å²) in [5.74, 6) is -1.18. The molecule has 0 radical (unpaired) electrons. The van der Waals surface area contributed by atoms with Gasteiger partial charge in [0.15, 0.2) is 6.33 Å². The lowest BCUT2D eigenvalue weighted by Crippen LogP contribution is -2.06. The number of nitrogens with zero attached hydrogens (tertiary/aromatic N) is 3. The highest BCUT2D eigenvalue weighted by Gasteiger charge is 2.25. The first-order valence-electron chi connectivity index (χ1n) is 3.32. The van der Waals surface area contributed by atoms with Gasteiger partial charge >= 0.3 is 11.8 Å². The van der Waals surface area contributed by atoms with E-state index in [0.29, 0.717) is 0 Å². The smallest absolute Gasteiger partial charge is 0.365 e. The third-order valence-corrected chi connectivity index (χ3v) is 1.46. The number of imidazole rings is 1. The topological polar surface area (TPSA) is 87.3 Å². The van der Waals surface area contributed by atoms with Gasteiger partial charge in [-0.3, -0.25) is 0 Å². The summed E-state index contributed by atoms with van der Waals surface area (Å²) in [6, 6.07) is 0. The first-order valence-corrected chi connectivity index (χ1v) is 3.32. The van der Waals surface area contributed by atoms with Gasteiger partial charge in [-0.05, 0) is 4.92 Å². The molecule has 13 heavy (non-hydrogen) atoms. The molecule has 0 amide bonds. The van der Waals surface area contributed by atoms with Crippen LogP contribution in [0.3, 0.4) is 0 Å². The van der Waals surface area contributed by atoms with E-state index in [1.54, 1.807) is 0 Å². The van der Waals surface area contributed by atoms with E-state index >= 15 is 0 Å². The lowest BCUT2D eigenvalue weighted by molar-refractivity contribution is -0.392. The molecule has 0 bridgehead atoms. The SMILES string of the molecule is COC(=O)c1ncn(C)c1[N+](=O)[O-]. The zero-order valence-electron chi connectivity index (χ0n) is 7.05. The summed E-state index contributed by atoms with van der Waals surface area (Å²) in [5.41, 5.74) is -0.282. The lowest BCUT2D eigenvalue weighted by atomic mass is 10.4. The van der Waals surface area contributed by atoms with Crippen LogP contribution in [0.15, 0.2) is 6.33 Å². The number of aromatic nitrogens is 2. The Balaban J connectivity index is 3.22. The predicted molar refractivity (Wildman–Crippen MR) is 41.2 cm³/mol. The number of rotatable bonds is 2. The summed E-state index contributed by atoms with van der Waals surface area (Å²) < 4.78 is 5.47. The molecule has 0 saturated heterocycles. The Morgan fingerprint density at radius 1 is 1.77 bits per heavy atom. The molecule has 1 heterocycles. The molecule has 0 aliphatic rings. The highest BCUT2D eigenvalue weighted by molar-refractivity contribution is 5.90. The minimum Gasteiger partial charge on any atom is -0.464 e. The van der Waals surface area contributed by atoms with Gasteiger partial charge in [0.1, 0.15) is 0 Å². The zero-order valence-corrected chi connectivity index (χ0v) is 7.05. The van der Waals surface area contributed by atoms with Crippen molar-refractivity contribution < 1.29 is 14.5 Å². The fourth-order valence-electron chi connectivity index (χ4n) is 0.880. The van der Waals surface area contributed by atoms with Gasteiger partial charge in [-0.2, -0.15) is 0 Å². The molecule has 0 aromatic carbocycles. The summed E-state index contributed by atoms with van der Waals surface area (Å²) in [4.78, 5) is 24.3. The summed E-state index contributed by atoms with van der Waals surface area (Å²) >= 11 is 0. The second-order valence-electron chi connectivity index (χ2n) is 2.28. The van der Waals surface area contributed by atoms with Gasteiger partial charge < -0.3 is 14.9 Å². The summed E-state index contributed by atoms with van der Waals surface area (Å²) in [7, 11) is 2.57. The Kier molecular flexibility index (Phi) is 2.27. The first kappa shape index (κ1) is 9.17. The fourth-order valence-corrected chi connectivity index (χ4v) is 0.880. The van der Waals surface area contributed by atoms with Crippen molar-refractivity contribution in [3.8, 4) is 0 Å². The van der Waals surface area contributed by atoms with Gasteiger partial charge in [-0.15, -0.1) is 0 Å². The molecule has 7 heteroatoms. The number of methoxy groups -OCH3 is 1. The molecule has 0 saturated carbocycles. The number of carbonyl (C=O) groups is 1. The number of ether oxygens (including phenoxy) is 1. The van der Waals surface area contributed by atoms with E-state index in [1.807, 2.05) is 0 Å². The number of hydrogen-bond acceptors (Lipinski definition) is 5. The van der Waals surface area contributed by atoms with E-state index < -0.39 is 10.9 Å². The highest BCUT2D eigenvalue weighted by Crippen LogP contribution is 2.15. The Morgan fingerprint density at radius 2 is 2.38 bits per heavy atom. The number of carbonyl (C=O) groups excluding carboxylic acids is 1. The largest absolute Gasteiger partial charge is 0.464 e. The molecule has 70 valence electrons. The normalized spacial score (nSPS) is 9.69. The minimum atomic E-state index is -0.813. The summed E-state index contributed by atoms with van der Waals surface area (Å²) in [5, 5.41) is 10.5. The van der Waals surface area contributed by atoms with Crippen LogP contribution >= 0.6 is 0 Å². The molecule has 0 aliphatic heterocycles. The second-order valence-corrected chi connectivity index (χ2v) is 2.28. The van der Waals surface area contributed by atoms with Gasteiger partial charge in [0, 0.05) is 0 Å². The maximum absolute atomic E-state index is 10.9. The van der Waals surface area contributed by atoms with Crippen LogP contribution < -0.4 is 0 Å². The minimum absolute atomic E-state index is 0.282. The molecular weight excluding hydrogens is 178 g/mol. The number of aryl methyl sites for hydroxylation is 1. The van der Waals surface area contributed by atoms with Gasteiger partial charge in [-0.1, -0.05) is 0 Å². The highest BCUT2D eigenvalue weighted by atomic mass is 16.6. The van der Waals surface area contributed by atoms with Crippen LogP contribution in [0, 0.1) is 10.1 Å². The third-order valence-electron chi connectivity index (χ3n) is 1.46. The van der Waals surface area contributed by atoms with Crippen molar-refractivity contribution in [3.05, 3.63) is 22.1 Å². The van der Waals surface area contributed by atoms with Crippen molar-refractivity contribution >= 4 is 11.8 Å². The molecule has 1 aromatic heterocycles. The molecular formula is C6H7N3O4. The third kappa shape index (κ3) is 1.48. The number of nitro groups is 1. The van der Waals surface area contributed by atoms with Crippen molar-refractivity contribution in [2.75, 3.05) is 7.11 Å². The van der Waals surface area contributed by atoms with E-state index in [9.17, 15) is 14.9 Å². The Hall–Kier alpha value is -1.92. The summed E-state index contributed by atoms with van der Waals surface area (Å²) in [6.45, 7) is 0. The monoisotopic (exact) mass is 185 g/mol. The van der Waals surface area contributed by atoms with Crippen LogP contribution in [-0.4, -0.2) is 27.6 Å². The van der Waals surface area contributed by atoms with E-state index in [4.69, 9.17) is 0 Å². The zero-order chi connectivity index (χ0) is 10.0. The van der Waals surface area contributed by atoms with Crippen LogP contribution in [0.4, 0.5) is 5.82 Å². The molecule has 0 N–H and O–H groups in total. The van der Waals surface area contributed by atoms with Gasteiger partial charge in [0.05, 0.1) is 14.2 Å². The molecule has 1 aromatic rings. The van der Waals surface area contributed by atoms with Crippen molar-refractivity contribution in [2.45, 2.75) is 0 Å². The van der Waals surface area contributed by atoms with Gasteiger partial charge in [0.25, 0.3) is 0 Å². The first-order chi connectivity index (χ1) is 6.07. The quantitative estimate of drug-likeness (QED) is 0.371. The lowest BCUT2D eigenvalue weighted by Gasteiger charge is -1.96. The molecule has 1 rings (SSSR count). The van der Waals surface area contributed by atoms with Crippen LogP contribution in [0.1, 0.15) is 10.5 Å². The van der Waals surface area contributed by atoms with Crippen LogP contribution in [0.25, 0.3) is 0 Å². The van der Waals surface area contributed by atoms with Crippen LogP contribution in [0.2, 0.25) is 0 Å². The van der Waals surface area contributed by atoms with E-state index in [1.165, 1.54) is 13.4 Å². The van der Waals surface area contributed by atoms with Crippen molar-refractivity contribution in [1.29, 1.82) is 0 Å². The fraction of sp³-hybridized carbons (Fsp3) is 0.333. The van der Waals surface area contributed by atoms with Gasteiger partial charge in [0.2, 0.25) is 5.69 Å². The van der Waals surface area contributed by atoms with Gasteiger partial charge in [-0.25, -0.2) is 14.3 Å². The molecule has 0 fully saturated rings. The maximum Gasteiger partial charge on any atom is 0.365 e. The molecule has 0 aliphatic carbocycles. The standard InChI is InChI=1S/C6H7N3O4/c1-8-3-7-4(6(10)13-2)5(8)9(11)12/h3H,1-2H3. The van der Waals surface area contributed by atoms with Crippen molar-refractivity contribution in [3.63, 3.8) is 0 Å². The average Bonchev–Trinajstić information content (AvgIpc) is 2.45. The number of esters is 1. The average molecular weight is 185 g/mol. The Morgan fingerprint density at radius 3 is 2.85 bits per heavy atom. The number of hydrogen-bond donors (Lipinski definition) is 0. The molecule has 0 spiro atoms. The predicted octanol–water partition coefficient (Wildman–Crippen LogP) is 0.115. The molecule has 0 unspecified atom stereocenters. The molecule has 7 nitrogen and oxygen atoms in total.